The average molecular weight is 272 g/mol. The van der Waals surface area contributed by atoms with E-state index in [0.717, 1.165) is 32.5 Å². The van der Waals surface area contributed by atoms with E-state index in [9.17, 15) is 0 Å². The van der Waals surface area contributed by atoms with E-state index in [-0.39, 0.29) is 5.28 Å². The van der Waals surface area contributed by atoms with Crippen molar-refractivity contribution in [2.24, 2.45) is 0 Å². The van der Waals surface area contributed by atoms with Crippen LogP contribution in [-0.4, -0.2) is 41.6 Å². The minimum absolute atomic E-state index is 0.255. The van der Waals surface area contributed by atoms with Crippen LogP contribution in [0.5, 0.6) is 0 Å². The van der Waals surface area contributed by atoms with Gasteiger partial charge >= 0.3 is 0 Å². The molecule has 0 aliphatic heterocycles. The molecule has 0 spiro atoms. The van der Waals surface area contributed by atoms with Crippen LogP contribution >= 0.6 is 11.6 Å². The van der Waals surface area contributed by atoms with Crippen LogP contribution in [0.3, 0.4) is 0 Å². The van der Waals surface area contributed by atoms with Gasteiger partial charge in [0.05, 0.1) is 0 Å². The summed E-state index contributed by atoms with van der Waals surface area (Å²) >= 11 is 5.97. The molecule has 0 amide bonds. The number of nitrogens with zero attached hydrogens (tertiary/aromatic N) is 5. The summed E-state index contributed by atoms with van der Waals surface area (Å²) in [4.78, 5) is 16.9. The van der Waals surface area contributed by atoms with Gasteiger partial charge in [-0.1, -0.05) is 13.3 Å². The summed E-state index contributed by atoms with van der Waals surface area (Å²) in [6, 6.07) is 0. The molecule has 102 valence electrons. The predicted molar refractivity (Wildman–Crippen MR) is 76.6 cm³/mol. The van der Waals surface area contributed by atoms with Gasteiger partial charge in [0.2, 0.25) is 17.2 Å². The summed E-state index contributed by atoms with van der Waals surface area (Å²) in [6.45, 7) is 8.94. The van der Waals surface area contributed by atoms with Crippen LogP contribution in [0.4, 0.5) is 11.9 Å². The monoisotopic (exact) mass is 271 g/mol. The van der Waals surface area contributed by atoms with Crippen molar-refractivity contribution >= 4 is 23.5 Å². The second-order valence-corrected chi connectivity index (χ2v) is 4.49. The Labute approximate surface area is 114 Å². The van der Waals surface area contributed by atoms with E-state index >= 15 is 0 Å². The maximum absolute atomic E-state index is 5.97. The molecule has 1 aromatic rings. The molecule has 1 aromatic heterocycles. The van der Waals surface area contributed by atoms with Crippen molar-refractivity contribution in [1.82, 2.24) is 15.0 Å². The van der Waals surface area contributed by atoms with Crippen molar-refractivity contribution in [3.05, 3.63) is 5.28 Å². The number of unbranched alkanes of at least 4 members (excludes halogenated alkanes) is 1. The van der Waals surface area contributed by atoms with Gasteiger partial charge < -0.3 is 9.80 Å². The highest BCUT2D eigenvalue weighted by Gasteiger charge is 2.12. The maximum atomic E-state index is 5.97. The van der Waals surface area contributed by atoms with Gasteiger partial charge in [-0.05, 0) is 31.9 Å². The Morgan fingerprint density at radius 1 is 1.00 bits per heavy atom. The van der Waals surface area contributed by atoms with Crippen LogP contribution in [-0.2, 0) is 0 Å². The molecule has 0 saturated carbocycles. The minimum Gasteiger partial charge on any atom is -0.344 e. The van der Waals surface area contributed by atoms with E-state index in [1.807, 2.05) is 11.9 Å². The number of hydrogen-bond donors (Lipinski definition) is 0. The molecule has 5 nitrogen and oxygen atoms in total. The van der Waals surface area contributed by atoms with Gasteiger partial charge in [-0.25, -0.2) is 0 Å². The molecule has 0 aliphatic carbocycles. The summed E-state index contributed by atoms with van der Waals surface area (Å²) in [5, 5.41) is 0.255. The first kappa shape index (κ1) is 15.0. The van der Waals surface area contributed by atoms with E-state index in [2.05, 4.69) is 40.6 Å². The van der Waals surface area contributed by atoms with E-state index in [1.54, 1.807) is 0 Å². The Morgan fingerprint density at radius 3 is 2.17 bits per heavy atom. The van der Waals surface area contributed by atoms with Gasteiger partial charge in [-0.15, -0.1) is 0 Å². The van der Waals surface area contributed by atoms with Crippen LogP contribution in [0.1, 0.15) is 33.6 Å². The van der Waals surface area contributed by atoms with Crippen LogP contribution in [0, 0.1) is 0 Å². The third-order valence-corrected chi connectivity index (χ3v) is 2.99. The zero-order valence-electron chi connectivity index (χ0n) is 11.6. The summed E-state index contributed by atoms with van der Waals surface area (Å²) < 4.78 is 0. The molecule has 0 aromatic carbocycles. The molecule has 1 heterocycles. The number of aromatic nitrogens is 3. The van der Waals surface area contributed by atoms with Crippen LogP contribution in [0.2, 0.25) is 5.28 Å². The SMILES string of the molecule is CCCCN(C)c1nc(Cl)nc(N(CC)CC)n1. The summed E-state index contributed by atoms with van der Waals surface area (Å²) in [5.41, 5.74) is 0. The van der Waals surface area contributed by atoms with Gasteiger partial charge in [0.1, 0.15) is 0 Å². The third-order valence-electron chi connectivity index (χ3n) is 2.82. The Morgan fingerprint density at radius 2 is 1.61 bits per heavy atom. The fourth-order valence-corrected chi connectivity index (χ4v) is 1.79. The molecule has 1 rings (SSSR count). The highest BCUT2D eigenvalue weighted by Crippen LogP contribution is 2.16. The van der Waals surface area contributed by atoms with Crippen LogP contribution < -0.4 is 9.80 Å². The summed E-state index contributed by atoms with van der Waals surface area (Å²) in [6.07, 6.45) is 2.26. The van der Waals surface area contributed by atoms with Crippen molar-refractivity contribution in [1.29, 1.82) is 0 Å². The minimum atomic E-state index is 0.255. The first-order chi connectivity index (χ1) is 8.62. The molecule has 0 aliphatic rings. The second kappa shape index (κ2) is 7.36. The van der Waals surface area contributed by atoms with E-state index in [4.69, 9.17) is 11.6 Å². The van der Waals surface area contributed by atoms with Gasteiger partial charge in [0, 0.05) is 26.7 Å². The molecular weight excluding hydrogens is 250 g/mol. The predicted octanol–water partition coefficient (Wildman–Crippen LogP) is 2.61. The number of hydrogen-bond acceptors (Lipinski definition) is 5. The Bertz CT molecular complexity index is 367. The summed E-state index contributed by atoms with van der Waals surface area (Å²) in [5.74, 6) is 1.30. The molecule has 0 N–H and O–H groups in total. The van der Waals surface area contributed by atoms with Crippen molar-refractivity contribution in [3.8, 4) is 0 Å². The Hall–Kier alpha value is -1.10. The normalized spacial score (nSPS) is 10.5. The molecule has 0 radical (unpaired) electrons. The van der Waals surface area contributed by atoms with E-state index in [1.165, 1.54) is 0 Å². The smallest absolute Gasteiger partial charge is 0.231 e. The van der Waals surface area contributed by atoms with Gasteiger partial charge in [0.25, 0.3) is 0 Å². The molecule has 18 heavy (non-hydrogen) atoms. The lowest BCUT2D eigenvalue weighted by Gasteiger charge is -2.21. The van der Waals surface area contributed by atoms with Crippen molar-refractivity contribution in [3.63, 3.8) is 0 Å². The second-order valence-electron chi connectivity index (χ2n) is 4.15. The lowest BCUT2D eigenvalue weighted by molar-refractivity contribution is 0.739. The lowest BCUT2D eigenvalue weighted by atomic mass is 10.3. The topological polar surface area (TPSA) is 45.2 Å². The Balaban J connectivity index is 2.92. The van der Waals surface area contributed by atoms with Crippen molar-refractivity contribution in [2.45, 2.75) is 33.6 Å². The largest absolute Gasteiger partial charge is 0.344 e. The van der Waals surface area contributed by atoms with Gasteiger partial charge in [0.15, 0.2) is 0 Å². The molecule has 6 heteroatoms. The standard InChI is InChI=1S/C12H22ClN5/c1-5-8-9-17(4)11-14-10(13)15-12(16-11)18(6-2)7-3/h5-9H2,1-4H3. The number of halogens is 1. The fourth-order valence-electron chi connectivity index (χ4n) is 1.64. The van der Waals surface area contributed by atoms with Crippen molar-refractivity contribution in [2.75, 3.05) is 36.5 Å². The zero-order valence-corrected chi connectivity index (χ0v) is 12.4. The van der Waals surface area contributed by atoms with Crippen LogP contribution in [0.15, 0.2) is 0 Å². The lowest BCUT2D eigenvalue weighted by Crippen LogP contribution is -2.27. The highest BCUT2D eigenvalue weighted by molar-refractivity contribution is 6.28. The molecule has 0 fully saturated rings. The van der Waals surface area contributed by atoms with E-state index < -0.39 is 0 Å². The molecule has 0 unspecified atom stereocenters. The van der Waals surface area contributed by atoms with Gasteiger partial charge in [-0.3, -0.25) is 0 Å². The first-order valence-corrected chi connectivity index (χ1v) is 6.87. The molecular formula is C12H22ClN5. The van der Waals surface area contributed by atoms with Crippen LogP contribution in [0.25, 0.3) is 0 Å². The first-order valence-electron chi connectivity index (χ1n) is 6.50. The molecule has 0 bridgehead atoms. The zero-order chi connectivity index (χ0) is 13.5. The third kappa shape index (κ3) is 3.98. The highest BCUT2D eigenvalue weighted by atomic mass is 35.5. The quantitative estimate of drug-likeness (QED) is 0.763. The maximum Gasteiger partial charge on any atom is 0.231 e. The Kier molecular flexibility index (Phi) is 6.12. The fraction of sp³-hybridized carbons (Fsp3) is 0.750. The summed E-state index contributed by atoms with van der Waals surface area (Å²) in [7, 11) is 1.98. The average Bonchev–Trinajstić information content (AvgIpc) is 2.36. The molecule has 0 saturated heterocycles. The van der Waals surface area contributed by atoms with E-state index in [0.29, 0.717) is 11.9 Å². The number of rotatable bonds is 7. The molecule has 0 atom stereocenters. The number of anilines is 2. The van der Waals surface area contributed by atoms with Crippen molar-refractivity contribution < 1.29 is 0 Å². The van der Waals surface area contributed by atoms with Gasteiger partial charge in [-0.2, -0.15) is 15.0 Å².